The van der Waals surface area contributed by atoms with Gasteiger partial charge in [-0.15, -0.1) is 0 Å². The van der Waals surface area contributed by atoms with E-state index in [0.717, 1.165) is 59.5 Å². The number of amides is 1. The van der Waals surface area contributed by atoms with E-state index in [2.05, 4.69) is 34.9 Å². The molecular weight excluding hydrogens is 551 g/mol. The minimum atomic E-state index is -1.34. The maximum absolute atomic E-state index is 13.6. The van der Waals surface area contributed by atoms with E-state index >= 15 is 0 Å². The van der Waals surface area contributed by atoms with Crippen LogP contribution >= 0.6 is 11.3 Å². The number of carbonyl (C=O) groups excluding carboxylic acids is 1. The van der Waals surface area contributed by atoms with Gasteiger partial charge >= 0.3 is 0 Å². The molecule has 2 aromatic carbocycles. The summed E-state index contributed by atoms with van der Waals surface area (Å²) in [4.78, 5) is 29.0. The Labute approximate surface area is 247 Å². The lowest BCUT2D eigenvalue weighted by atomic mass is 9.72. The van der Waals surface area contributed by atoms with Gasteiger partial charge in [0.25, 0.3) is 5.91 Å². The van der Waals surface area contributed by atoms with Crippen LogP contribution in [0.25, 0.3) is 22.2 Å². The Balaban J connectivity index is 1.22. The normalized spacial score (nSPS) is 16.9. The van der Waals surface area contributed by atoms with Gasteiger partial charge in [0.05, 0.1) is 11.2 Å². The zero-order valence-electron chi connectivity index (χ0n) is 24.0. The predicted molar refractivity (Wildman–Crippen MR) is 162 cm³/mol. The average Bonchev–Trinajstić information content (AvgIpc) is 3.32. The van der Waals surface area contributed by atoms with Gasteiger partial charge in [-0.3, -0.25) is 9.78 Å². The summed E-state index contributed by atoms with van der Waals surface area (Å²) in [6.45, 7) is 8.23. The molecule has 0 atom stereocenters. The van der Waals surface area contributed by atoms with Gasteiger partial charge < -0.3 is 19.8 Å². The van der Waals surface area contributed by atoms with Gasteiger partial charge in [-0.05, 0) is 81.1 Å². The van der Waals surface area contributed by atoms with Crippen LogP contribution in [0.3, 0.4) is 0 Å². The number of halogens is 1. The molecule has 214 valence electrons. The summed E-state index contributed by atoms with van der Waals surface area (Å²) in [6.07, 6.45) is 1.87. The van der Waals surface area contributed by atoms with E-state index in [1.165, 1.54) is 29.0 Å². The first-order valence-electron chi connectivity index (χ1n) is 14.1. The minimum absolute atomic E-state index is 0.0768. The van der Waals surface area contributed by atoms with Gasteiger partial charge in [0.1, 0.15) is 28.1 Å². The van der Waals surface area contributed by atoms with Crippen molar-refractivity contribution in [2.75, 3.05) is 43.0 Å². The maximum Gasteiger partial charge on any atom is 0.253 e. The predicted octanol–water partition coefficient (Wildman–Crippen LogP) is 4.96. The van der Waals surface area contributed by atoms with Crippen LogP contribution in [0, 0.1) is 29.5 Å². The molecular formula is C32H31FN6O2S. The smallest absolute Gasteiger partial charge is 0.253 e. The average molecular weight is 583 g/mol. The zero-order valence-corrected chi connectivity index (χ0v) is 24.8. The van der Waals surface area contributed by atoms with Crippen molar-refractivity contribution in [3.8, 4) is 17.3 Å². The lowest BCUT2D eigenvalue weighted by molar-refractivity contribution is -0.162. The molecule has 0 radical (unpaired) electrons. The summed E-state index contributed by atoms with van der Waals surface area (Å²) < 4.78 is 13.6. The van der Waals surface area contributed by atoms with Gasteiger partial charge in [0, 0.05) is 61.0 Å². The number of aromatic nitrogens is 2. The van der Waals surface area contributed by atoms with Crippen LogP contribution in [-0.2, 0) is 17.6 Å². The van der Waals surface area contributed by atoms with Crippen LogP contribution in [0.1, 0.15) is 35.5 Å². The van der Waals surface area contributed by atoms with E-state index in [9.17, 15) is 19.6 Å². The number of fused-ring (bicyclic) bond motifs is 2. The third-order valence-corrected chi connectivity index (χ3v) is 9.81. The second-order valence-corrected chi connectivity index (χ2v) is 13.5. The number of hydrogen-bond acceptors (Lipinski definition) is 8. The highest BCUT2D eigenvalue weighted by molar-refractivity contribution is 7.16. The molecule has 2 fully saturated rings. The van der Waals surface area contributed by atoms with E-state index in [-0.39, 0.29) is 17.1 Å². The molecule has 4 heterocycles. The van der Waals surface area contributed by atoms with Crippen molar-refractivity contribution in [3.05, 3.63) is 63.9 Å². The number of hydrogen-bond donors (Lipinski definition) is 1. The van der Waals surface area contributed by atoms with E-state index in [1.54, 1.807) is 30.9 Å². The maximum atomic E-state index is 13.6. The van der Waals surface area contributed by atoms with Crippen LogP contribution < -0.4 is 9.80 Å². The molecule has 10 heteroatoms. The van der Waals surface area contributed by atoms with Crippen molar-refractivity contribution >= 4 is 44.7 Å². The summed E-state index contributed by atoms with van der Waals surface area (Å²) in [6, 6.07) is 12.8. The third-order valence-electron chi connectivity index (χ3n) is 8.77. The summed E-state index contributed by atoms with van der Waals surface area (Å²) >= 11 is 1.33. The molecule has 2 aromatic heterocycles. The highest BCUT2D eigenvalue weighted by Crippen LogP contribution is 2.47. The second-order valence-electron chi connectivity index (χ2n) is 12.5. The summed E-state index contributed by atoms with van der Waals surface area (Å²) in [7, 11) is 1.99. The number of aryl methyl sites for hydroxylation is 2. The van der Waals surface area contributed by atoms with Crippen molar-refractivity contribution in [1.29, 1.82) is 5.26 Å². The van der Waals surface area contributed by atoms with E-state index in [0.29, 0.717) is 34.4 Å². The van der Waals surface area contributed by atoms with Gasteiger partial charge in [0.2, 0.25) is 0 Å². The number of aliphatic hydroxyl groups is 1. The SMILES string of the molecule is Cc1cc(N2CC3(CN(C(=O)C(C)(C)O)C3)C2)cc2c(N(C)c3nc(-c4ccc(F)cc4)c(C#N)s3)c3c(nc12)CC3. The molecule has 8 nitrogen and oxygen atoms in total. The number of thiazole rings is 1. The quantitative estimate of drug-likeness (QED) is 0.355. The Morgan fingerprint density at radius 1 is 1.14 bits per heavy atom. The van der Waals surface area contributed by atoms with Crippen LogP contribution in [-0.4, -0.2) is 64.7 Å². The topological polar surface area (TPSA) is 96.6 Å². The fraction of sp³-hybridized carbons (Fsp3) is 0.375. The number of carbonyl (C=O) groups is 1. The molecule has 1 aliphatic carbocycles. The van der Waals surface area contributed by atoms with Crippen molar-refractivity contribution in [2.24, 2.45) is 5.41 Å². The van der Waals surface area contributed by atoms with Crippen molar-refractivity contribution in [2.45, 2.75) is 39.2 Å². The standard InChI is InChI=1S/C32H31FN6O2S/c1-18-11-21(38-14-32(15-38)16-39(17-32)29(40)31(2,3)41)12-23-26(18)35-24-10-9-22(24)28(23)37(4)30-36-27(25(13-34)42-30)19-5-7-20(33)8-6-19/h5-8,11-12,41H,9-10,14-17H2,1-4H3. The van der Waals surface area contributed by atoms with Crippen molar-refractivity contribution in [1.82, 2.24) is 14.9 Å². The Kier molecular flexibility index (Phi) is 5.88. The number of benzene rings is 2. The number of rotatable bonds is 5. The molecule has 0 saturated carbocycles. The van der Waals surface area contributed by atoms with Crippen LogP contribution in [0.2, 0.25) is 0 Å². The number of pyridine rings is 1. The number of likely N-dealkylation sites (tertiary alicyclic amines) is 1. The van der Waals surface area contributed by atoms with E-state index in [1.807, 2.05) is 7.05 Å². The monoisotopic (exact) mass is 582 g/mol. The highest BCUT2D eigenvalue weighted by Gasteiger charge is 2.54. The van der Waals surface area contributed by atoms with Crippen molar-refractivity contribution < 1.29 is 14.3 Å². The Bertz CT molecular complexity index is 1810. The summed E-state index contributed by atoms with van der Waals surface area (Å²) in [5, 5.41) is 21.7. The largest absolute Gasteiger partial charge is 0.381 e. The second kappa shape index (κ2) is 9.21. The fourth-order valence-corrected chi connectivity index (χ4v) is 7.41. The molecule has 0 unspecified atom stereocenters. The van der Waals surface area contributed by atoms with Crippen LogP contribution in [0.5, 0.6) is 0 Å². The number of nitriles is 1. The molecule has 4 aromatic rings. The third kappa shape index (κ3) is 4.14. The van der Waals surface area contributed by atoms with Gasteiger partial charge in [-0.25, -0.2) is 9.37 Å². The molecule has 7 rings (SSSR count). The molecule has 3 aliphatic rings. The highest BCUT2D eigenvalue weighted by atomic mass is 32.1. The number of anilines is 3. The Morgan fingerprint density at radius 3 is 2.48 bits per heavy atom. The van der Waals surface area contributed by atoms with E-state index in [4.69, 9.17) is 9.97 Å². The van der Waals surface area contributed by atoms with Crippen LogP contribution in [0.4, 0.5) is 20.9 Å². The first-order valence-corrected chi connectivity index (χ1v) is 14.9. The van der Waals surface area contributed by atoms with Crippen molar-refractivity contribution in [3.63, 3.8) is 0 Å². The molecule has 1 spiro atoms. The summed E-state index contributed by atoms with van der Waals surface area (Å²) in [5.41, 5.74) is 6.56. The Morgan fingerprint density at radius 2 is 1.86 bits per heavy atom. The first-order chi connectivity index (χ1) is 20.0. The molecule has 2 aliphatic heterocycles. The molecule has 42 heavy (non-hydrogen) atoms. The molecule has 1 amide bonds. The van der Waals surface area contributed by atoms with Gasteiger partial charge in [0.15, 0.2) is 5.13 Å². The first kappa shape index (κ1) is 26.8. The lowest BCUT2D eigenvalue weighted by Gasteiger charge is -2.61. The molecule has 0 bridgehead atoms. The Hall–Kier alpha value is -4.07. The lowest BCUT2D eigenvalue weighted by Crippen LogP contribution is -2.74. The van der Waals surface area contributed by atoms with Gasteiger partial charge in [-0.1, -0.05) is 11.3 Å². The fourth-order valence-electron chi connectivity index (χ4n) is 6.56. The molecule has 1 N–H and O–H groups in total. The molecule has 2 saturated heterocycles. The summed E-state index contributed by atoms with van der Waals surface area (Å²) in [5.74, 6) is -0.544. The van der Waals surface area contributed by atoms with Crippen LogP contribution in [0.15, 0.2) is 36.4 Å². The minimum Gasteiger partial charge on any atom is -0.381 e. The van der Waals surface area contributed by atoms with Gasteiger partial charge in [-0.2, -0.15) is 5.26 Å². The van der Waals surface area contributed by atoms with E-state index < -0.39 is 5.60 Å². The zero-order chi connectivity index (χ0) is 29.6. The number of nitrogens with zero attached hydrogens (tertiary/aromatic N) is 6.